The van der Waals surface area contributed by atoms with Crippen molar-refractivity contribution in [1.82, 2.24) is 0 Å². The summed E-state index contributed by atoms with van der Waals surface area (Å²) in [5, 5.41) is 5.39. The van der Waals surface area contributed by atoms with E-state index in [1.807, 2.05) is 0 Å². The minimum Gasteiger partial charge on any atom is -0.326 e. The van der Waals surface area contributed by atoms with Gasteiger partial charge in [0.25, 0.3) is 5.91 Å². The maximum atomic E-state index is 12.4. The predicted molar refractivity (Wildman–Crippen MR) is 96.9 cm³/mol. The summed E-state index contributed by atoms with van der Waals surface area (Å²) in [5.41, 5.74) is 1.96. The summed E-state index contributed by atoms with van der Waals surface area (Å²) < 4.78 is 0. The minimum atomic E-state index is -0.337. The standard InChI is InChI=1S/C19H17N3O4/c1-12(23)20-14-3-2-4-15(11-14)21-19(26)13-5-7-16(8-6-13)22-17(24)9-10-18(22)25/h2-8,11H,9-10H2,1H3,(H,20,23)(H,21,26). The van der Waals surface area contributed by atoms with Gasteiger partial charge in [0, 0.05) is 36.7 Å². The average Bonchev–Trinajstić information content (AvgIpc) is 2.93. The molecule has 2 aromatic rings. The van der Waals surface area contributed by atoms with Crippen molar-refractivity contribution in [3.8, 4) is 0 Å². The van der Waals surface area contributed by atoms with Crippen molar-refractivity contribution in [3.05, 3.63) is 54.1 Å². The molecule has 0 bridgehead atoms. The van der Waals surface area contributed by atoms with Gasteiger partial charge in [-0.2, -0.15) is 0 Å². The van der Waals surface area contributed by atoms with Crippen LogP contribution in [-0.2, 0) is 14.4 Å². The smallest absolute Gasteiger partial charge is 0.255 e. The van der Waals surface area contributed by atoms with Gasteiger partial charge >= 0.3 is 0 Å². The molecule has 2 aromatic carbocycles. The average molecular weight is 351 g/mol. The molecule has 4 amide bonds. The van der Waals surface area contributed by atoms with Crippen LogP contribution in [0.5, 0.6) is 0 Å². The molecule has 132 valence electrons. The van der Waals surface area contributed by atoms with E-state index in [2.05, 4.69) is 10.6 Å². The number of hydrogen-bond acceptors (Lipinski definition) is 4. The number of carbonyl (C=O) groups is 4. The largest absolute Gasteiger partial charge is 0.326 e. The Kier molecular flexibility index (Phi) is 4.79. The molecule has 1 aliphatic heterocycles. The van der Waals surface area contributed by atoms with E-state index in [9.17, 15) is 19.2 Å². The molecule has 0 saturated carbocycles. The van der Waals surface area contributed by atoms with Crippen LogP contribution in [0.3, 0.4) is 0 Å². The molecule has 7 heteroatoms. The SMILES string of the molecule is CC(=O)Nc1cccc(NC(=O)c2ccc(N3C(=O)CCC3=O)cc2)c1. The number of benzene rings is 2. The van der Waals surface area contributed by atoms with Crippen molar-refractivity contribution in [2.45, 2.75) is 19.8 Å². The van der Waals surface area contributed by atoms with Gasteiger partial charge in [-0.15, -0.1) is 0 Å². The second-order valence-electron chi connectivity index (χ2n) is 5.89. The number of amides is 4. The van der Waals surface area contributed by atoms with Crippen LogP contribution in [0.25, 0.3) is 0 Å². The Morgan fingerprint density at radius 2 is 1.46 bits per heavy atom. The molecule has 0 aliphatic carbocycles. The zero-order valence-corrected chi connectivity index (χ0v) is 14.1. The van der Waals surface area contributed by atoms with Gasteiger partial charge < -0.3 is 10.6 Å². The molecule has 1 heterocycles. The van der Waals surface area contributed by atoms with E-state index >= 15 is 0 Å². The molecule has 1 fully saturated rings. The summed E-state index contributed by atoms with van der Waals surface area (Å²) in [6.07, 6.45) is 0.428. The molecular weight excluding hydrogens is 334 g/mol. The molecule has 0 spiro atoms. The maximum Gasteiger partial charge on any atom is 0.255 e. The molecule has 0 unspecified atom stereocenters. The highest BCUT2D eigenvalue weighted by Gasteiger charge is 2.30. The summed E-state index contributed by atoms with van der Waals surface area (Å²) >= 11 is 0. The molecular formula is C19H17N3O4. The molecule has 2 N–H and O–H groups in total. The Bertz CT molecular complexity index is 874. The Hall–Kier alpha value is -3.48. The first-order valence-corrected chi connectivity index (χ1v) is 8.09. The molecule has 26 heavy (non-hydrogen) atoms. The van der Waals surface area contributed by atoms with Crippen LogP contribution in [0, 0.1) is 0 Å². The van der Waals surface area contributed by atoms with Crippen LogP contribution in [0.2, 0.25) is 0 Å². The number of rotatable bonds is 4. The lowest BCUT2D eigenvalue weighted by molar-refractivity contribution is -0.121. The normalized spacial score (nSPS) is 13.7. The van der Waals surface area contributed by atoms with Gasteiger partial charge in [0.1, 0.15) is 0 Å². The predicted octanol–water partition coefficient (Wildman–Crippen LogP) is 2.55. The van der Waals surface area contributed by atoms with Gasteiger partial charge in [0.2, 0.25) is 17.7 Å². The monoisotopic (exact) mass is 351 g/mol. The maximum absolute atomic E-state index is 12.4. The number of nitrogens with one attached hydrogen (secondary N) is 2. The lowest BCUT2D eigenvalue weighted by atomic mass is 10.1. The lowest BCUT2D eigenvalue weighted by Crippen LogP contribution is -2.28. The molecule has 1 aliphatic rings. The van der Waals surface area contributed by atoms with E-state index in [-0.39, 0.29) is 36.5 Å². The second kappa shape index (κ2) is 7.18. The third kappa shape index (κ3) is 3.77. The van der Waals surface area contributed by atoms with Crippen molar-refractivity contribution in [1.29, 1.82) is 0 Å². The van der Waals surface area contributed by atoms with Crippen molar-refractivity contribution in [2.24, 2.45) is 0 Å². The first-order chi connectivity index (χ1) is 12.4. The molecule has 1 saturated heterocycles. The number of carbonyl (C=O) groups excluding carboxylic acids is 4. The highest BCUT2D eigenvalue weighted by Crippen LogP contribution is 2.23. The summed E-state index contributed by atoms with van der Waals surface area (Å²) in [5.74, 6) is -1.00. The van der Waals surface area contributed by atoms with E-state index in [0.717, 1.165) is 4.90 Å². The fraction of sp³-hybridized carbons (Fsp3) is 0.158. The van der Waals surface area contributed by atoms with Crippen LogP contribution < -0.4 is 15.5 Å². The number of hydrogen-bond donors (Lipinski definition) is 2. The topological polar surface area (TPSA) is 95.6 Å². The Balaban J connectivity index is 1.71. The van der Waals surface area contributed by atoms with E-state index in [0.29, 0.717) is 22.6 Å². The first kappa shape index (κ1) is 17.3. The van der Waals surface area contributed by atoms with E-state index < -0.39 is 0 Å². The molecule has 0 atom stereocenters. The zero-order chi connectivity index (χ0) is 18.7. The summed E-state index contributed by atoms with van der Waals surface area (Å²) in [7, 11) is 0. The third-order valence-corrected chi connectivity index (χ3v) is 3.88. The highest BCUT2D eigenvalue weighted by atomic mass is 16.2. The fourth-order valence-electron chi connectivity index (χ4n) is 2.71. The van der Waals surface area contributed by atoms with Crippen LogP contribution in [0.15, 0.2) is 48.5 Å². The van der Waals surface area contributed by atoms with Gasteiger partial charge in [-0.1, -0.05) is 6.07 Å². The minimum absolute atomic E-state index is 0.199. The van der Waals surface area contributed by atoms with Crippen molar-refractivity contribution in [2.75, 3.05) is 15.5 Å². The quantitative estimate of drug-likeness (QED) is 0.828. The van der Waals surface area contributed by atoms with E-state index in [1.165, 1.54) is 6.92 Å². The lowest BCUT2D eigenvalue weighted by Gasteiger charge is -2.14. The van der Waals surface area contributed by atoms with Crippen LogP contribution in [0.4, 0.5) is 17.1 Å². The van der Waals surface area contributed by atoms with E-state index in [4.69, 9.17) is 0 Å². The second-order valence-corrected chi connectivity index (χ2v) is 5.89. The van der Waals surface area contributed by atoms with Crippen LogP contribution in [0.1, 0.15) is 30.1 Å². The van der Waals surface area contributed by atoms with Gasteiger partial charge in [-0.05, 0) is 42.5 Å². The molecule has 3 rings (SSSR count). The van der Waals surface area contributed by atoms with Crippen molar-refractivity contribution < 1.29 is 19.2 Å². The van der Waals surface area contributed by atoms with Crippen LogP contribution in [-0.4, -0.2) is 23.6 Å². The van der Waals surface area contributed by atoms with E-state index in [1.54, 1.807) is 48.5 Å². The highest BCUT2D eigenvalue weighted by molar-refractivity contribution is 6.20. The Morgan fingerprint density at radius 3 is 2.04 bits per heavy atom. The van der Waals surface area contributed by atoms with Gasteiger partial charge in [0.05, 0.1) is 5.69 Å². The molecule has 7 nitrogen and oxygen atoms in total. The molecule has 0 aromatic heterocycles. The first-order valence-electron chi connectivity index (χ1n) is 8.09. The Labute approximate surface area is 150 Å². The summed E-state index contributed by atoms with van der Waals surface area (Å²) in [6.45, 7) is 1.41. The Morgan fingerprint density at radius 1 is 0.885 bits per heavy atom. The number of nitrogens with zero attached hydrogens (tertiary/aromatic N) is 1. The number of imide groups is 1. The summed E-state index contributed by atoms with van der Waals surface area (Å²) in [6, 6.07) is 13.1. The summed E-state index contributed by atoms with van der Waals surface area (Å²) in [4.78, 5) is 48.1. The van der Waals surface area contributed by atoms with Gasteiger partial charge in [0.15, 0.2) is 0 Å². The van der Waals surface area contributed by atoms with Gasteiger partial charge in [-0.25, -0.2) is 0 Å². The third-order valence-electron chi connectivity index (χ3n) is 3.88. The van der Waals surface area contributed by atoms with Crippen molar-refractivity contribution >= 4 is 40.7 Å². The fourth-order valence-corrected chi connectivity index (χ4v) is 2.71. The van der Waals surface area contributed by atoms with Crippen LogP contribution >= 0.6 is 0 Å². The molecule has 0 radical (unpaired) electrons. The zero-order valence-electron chi connectivity index (χ0n) is 14.1. The van der Waals surface area contributed by atoms with Crippen molar-refractivity contribution in [3.63, 3.8) is 0 Å². The van der Waals surface area contributed by atoms with Gasteiger partial charge in [-0.3, -0.25) is 24.1 Å². The number of anilines is 3.